The molecule has 0 bridgehead atoms. The number of nitrogen functional groups attached to an aromatic ring is 1. The minimum Gasteiger partial charge on any atom is -0.392 e. The molecule has 0 spiro atoms. The lowest BCUT2D eigenvalue weighted by Crippen LogP contribution is -2.19. The molecule has 1 aromatic rings. The molecule has 72 valence electrons. The van der Waals surface area contributed by atoms with Gasteiger partial charge in [-0.1, -0.05) is 0 Å². The van der Waals surface area contributed by atoms with Crippen molar-refractivity contribution < 1.29 is 5.11 Å². The zero-order chi connectivity index (χ0) is 9.84. The molecule has 0 amide bonds. The van der Waals surface area contributed by atoms with Crippen LogP contribution in [0.15, 0.2) is 10.9 Å². The van der Waals surface area contributed by atoms with Gasteiger partial charge in [0.25, 0.3) is 5.56 Å². The van der Waals surface area contributed by atoms with Crippen molar-refractivity contribution in [2.24, 2.45) is 0 Å². The molecule has 5 N–H and O–H groups in total. The molecule has 1 rings (SSSR count). The van der Waals surface area contributed by atoms with Crippen LogP contribution in [0.4, 0.5) is 11.8 Å². The first-order valence-electron chi connectivity index (χ1n) is 3.86. The largest absolute Gasteiger partial charge is 0.392 e. The second-order valence-electron chi connectivity index (χ2n) is 2.75. The van der Waals surface area contributed by atoms with E-state index in [9.17, 15) is 4.79 Å². The first-order valence-corrected chi connectivity index (χ1v) is 3.86. The quantitative estimate of drug-likeness (QED) is 0.489. The summed E-state index contributed by atoms with van der Waals surface area (Å²) in [5, 5.41) is 11.7. The van der Waals surface area contributed by atoms with Crippen molar-refractivity contribution in [3.05, 3.63) is 16.4 Å². The number of rotatable bonds is 3. The molecule has 13 heavy (non-hydrogen) atoms. The molecule has 0 aromatic carbocycles. The van der Waals surface area contributed by atoms with Gasteiger partial charge in [-0.25, -0.2) is 0 Å². The van der Waals surface area contributed by atoms with E-state index in [2.05, 4.69) is 15.3 Å². The maximum atomic E-state index is 10.9. The maximum Gasteiger partial charge on any atom is 0.254 e. The number of anilines is 2. The molecule has 0 saturated carbocycles. The maximum absolute atomic E-state index is 10.9. The van der Waals surface area contributed by atoms with Gasteiger partial charge in [0, 0.05) is 12.6 Å². The third-order valence-corrected chi connectivity index (χ3v) is 1.34. The van der Waals surface area contributed by atoms with E-state index in [4.69, 9.17) is 10.8 Å². The highest BCUT2D eigenvalue weighted by Crippen LogP contribution is 1.98. The van der Waals surface area contributed by atoms with Crippen LogP contribution in [0.2, 0.25) is 0 Å². The highest BCUT2D eigenvalue weighted by Gasteiger charge is 1.99. The van der Waals surface area contributed by atoms with Crippen molar-refractivity contribution in [1.82, 2.24) is 9.97 Å². The number of aliphatic hydroxyl groups excluding tert-OH is 1. The average molecular weight is 184 g/mol. The van der Waals surface area contributed by atoms with E-state index < -0.39 is 6.10 Å². The summed E-state index contributed by atoms with van der Waals surface area (Å²) in [7, 11) is 0. The third kappa shape index (κ3) is 3.12. The minimum absolute atomic E-state index is 0.0561. The van der Waals surface area contributed by atoms with E-state index in [0.717, 1.165) is 0 Å². The van der Waals surface area contributed by atoms with Crippen LogP contribution >= 0.6 is 0 Å². The van der Waals surface area contributed by atoms with Gasteiger partial charge >= 0.3 is 0 Å². The zero-order valence-electron chi connectivity index (χ0n) is 7.24. The van der Waals surface area contributed by atoms with Crippen molar-refractivity contribution >= 4 is 11.8 Å². The first kappa shape index (κ1) is 9.53. The Morgan fingerprint density at radius 2 is 2.54 bits per heavy atom. The minimum atomic E-state index is -0.498. The van der Waals surface area contributed by atoms with Crippen LogP contribution in [0.3, 0.4) is 0 Å². The summed E-state index contributed by atoms with van der Waals surface area (Å²) in [6.07, 6.45) is -0.498. The molecule has 6 heteroatoms. The molecule has 1 atom stereocenters. The number of aliphatic hydroxyl groups is 1. The summed E-state index contributed by atoms with van der Waals surface area (Å²) in [5.74, 6) is 0.419. The zero-order valence-corrected chi connectivity index (χ0v) is 7.24. The number of nitrogens with one attached hydrogen (secondary N) is 2. The summed E-state index contributed by atoms with van der Waals surface area (Å²) in [5.41, 5.74) is 4.98. The lowest BCUT2D eigenvalue weighted by molar-refractivity contribution is 0.208. The Morgan fingerprint density at radius 3 is 3.08 bits per heavy atom. The standard InChI is InChI=1S/C7H12N4O2/c1-4(12)3-9-5-2-6(13)11-7(8)10-5/h2,4,12H,3H2,1H3,(H4,8,9,10,11,13). The summed E-state index contributed by atoms with van der Waals surface area (Å²) in [4.78, 5) is 17.0. The van der Waals surface area contributed by atoms with Gasteiger partial charge in [-0.3, -0.25) is 9.78 Å². The Balaban J connectivity index is 2.72. The van der Waals surface area contributed by atoms with Crippen LogP contribution in [-0.4, -0.2) is 27.7 Å². The number of aromatic amines is 1. The van der Waals surface area contributed by atoms with Crippen molar-refractivity contribution in [2.75, 3.05) is 17.6 Å². The number of hydrogen-bond acceptors (Lipinski definition) is 5. The van der Waals surface area contributed by atoms with Crippen molar-refractivity contribution in [1.29, 1.82) is 0 Å². The van der Waals surface area contributed by atoms with Crippen LogP contribution in [0, 0.1) is 0 Å². The number of aromatic nitrogens is 2. The number of nitrogens with two attached hydrogens (primary N) is 1. The molecular weight excluding hydrogens is 172 g/mol. The Hall–Kier alpha value is -1.56. The fraction of sp³-hybridized carbons (Fsp3) is 0.429. The Kier molecular flexibility index (Phi) is 2.86. The lowest BCUT2D eigenvalue weighted by Gasteiger charge is -2.06. The van der Waals surface area contributed by atoms with E-state index in [1.165, 1.54) is 6.07 Å². The van der Waals surface area contributed by atoms with Gasteiger partial charge in [0.05, 0.1) is 6.10 Å². The molecule has 0 aliphatic heterocycles. The van der Waals surface area contributed by atoms with Gasteiger partial charge in [-0.05, 0) is 6.92 Å². The van der Waals surface area contributed by atoms with E-state index in [1.807, 2.05) is 0 Å². The molecule has 0 aliphatic carbocycles. The molecule has 0 saturated heterocycles. The Bertz CT molecular complexity index is 334. The predicted octanol–water partition coefficient (Wildman–Crippen LogP) is -0.855. The van der Waals surface area contributed by atoms with Crippen molar-refractivity contribution in [3.8, 4) is 0 Å². The normalized spacial score (nSPS) is 12.5. The summed E-state index contributed by atoms with van der Waals surface area (Å²) in [6.45, 7) is 1.96. The molecule has 1 aromatic heterocycles. The highest BCUT2D eigenvalue weighted by molar-refractivity contribution is 5.37. The molecule has 0 fully saturated rings. The van der Waals surface area contributed by atoms with Crippen LogP contribution in [0.25, 0.3) is 0 Å². The first-order chi connectivity index (χ1) is 6.08. The van der Waals surface area contributed by atoms with Gasteiger partial charge in [0.15, 0.2) is 0 Å². The smallest absolute Gasteiger partial charge is 0.254 e. The highest BCUT2D eigenvalue weighted by atomic mass is 16.3. The fourth-order valence-corrected chi connectivity index (χ4v) is 0.819. The van der Waals surface area contributed by atoms with E-state index >= 15 is 0 Å². The average Bonchev–Trinajstić information content (AvgIpc) is 1.99. The Labute approximate surface area is 74.8 Å². The van der Waals surface area contributed by atoms with Crippen molar-refractivity contribution in [3.63, 3.8) is 0 Å². The van der Waals surface area contributed by atoms with Crippen LogP contribution in [0.1, 0.15) is 6.92 Å². The number of nitrogens with zero attached hydrogens (tertiary/aromatic N) is 1. The van der Waals surface area contributed by atoms with Gasteiger partial charge in [0.2, 0.25) is 5.95 Å². The molecule has 1 heterocycles. The van der Waals surface area contributed by atoms with Crippen LogP contribution in [-0.2, 0) is 0 Å². The van der Waals surface area contributed by atoms with Gasteiger partial charge in [-0.2, -0.15) is 4.98 Å². The number of hydrogen-bond donors (Lipinski definition) is 4. The Morgan fingerprint density at radius 1 is 1.85 bits per heavy atom. The SMILES string of the molecule is CC(O)CNc1cc(=O)[nH]c(N)n1. The molecule has 0 aliphatic rings. The van der Waals surface area contributed by atoms with E-state index in [-0.39, 0.29) is 11.5 Å². The summed E-state index contributed by atoms with van der Waals surface area (Å²) >= 11 is 0. The molecule has 0 radical (unpaired) electrons. The second-order valence-corrected chi connectivity index (χ2v) is 2.75. The third-order valence-electron chi connectivity index (χ3n) is 1.34. The van der Waals surface area contributed by atoms with Crippen LogP contribution in [0.5, 0.6) is 0 Å². The summed E-state index contributed by atoms with van der Waals surface area (Å²) in [6, 6.07) is 1.28. The van der Waals surface area contributed by atoms with Gasteiger partial charge < -0.3 is 16.2 Å². The van der Waals surface area contributed by atoms with E-state index in [0.29, 0.717) is 12.4 Å². The van der Waals surface area contributed by atoms with Crippen LogP contribution < -0.4 is 16.6 Å². The van der Waals surface area contributed by atoms with Crippen molar-refractivity contribution in [2.45, 2.75) is 13.0 Å². The predicted molar refractivity (Wildman–Crippen MR) is 49.4 cm³/mol. The topological polar surface area (TPSA) is 104 Å². The second kappa shape index (κ2) is 3.90. The monoisotopic (exact) mass is 184 g/mol. The van der Waals surface area contributed by atoms with E-state index in [1.54, 1.807) is 6.92 Å². The lowest BCUT2D eigenvalue weighted by atomic mass is 10.4. The molecule has 6 nitrogen and oxygen atoms in total. The number of H-pyrrole nitrogens is 1. The fourth-order valence-electron chi connectivity index (χ4n) is 0.819. The van der Waals surface area contributed by atoms with Gasteiger partial charge in [0.1, 0.15) is 5.82 Å². The molecular formula is C7H12N4O2. The van der Waals surface area contributed by atoms with Gasteiger partial charge in [-0.15, -0.1) is 0 Å². The molecule has 1 unspecified atom stereocenters. The summed E-state index contributed by atoms with van der Waals surface area (Å²) < 4.78 is 0.